The molecule has 0 radical (unpaired) electrons. The van der Waals surface area contributed by atoms with Crippen LogP contribution in [0.15, 0.2) is 48.7 Å². The van der Waals surface area contributed by atoms with E-state index in [1.807, 2.05) is 0 Å². The van der Waals surface area contributed by atoms with E-state index in [9.17, 15) is 0 Å². The smallest absolute Gasteiger partial charge is 0.173 e. The Morgan fingerprint density at radius 1 is 1.11 bits per heavy atom. The fraction of sp³-hybridized carbons (Fsp3) is 0.375. The maximum absolute atomic E-state index is 5.92. The van der Waals surface area contributed by atoms with Gasteiger partial charge in [0.25, 0.3) is 0 Å². The van der Waals surface area contributed by atoms with Gasteiger partial charge in [0.15, 0.2) is 5.11 Å². The summed E-state index contributed by atoms with van der Waals surface area (Å²) in [5.41, 5.74) is 6.22. The highest BCUT2D eigenvalue weighted by Crippen LogP contribution is 2.29. The first-order valence-electron chi connectivity index (χ1n) is 10.2. The lowest BCUT2D eigenvalue weighted by Gasteiger charge is -2.32. The first-order valence-corrected chi connectivity index (χ1v) is 10.6. The average molecular weight is 392 g/mol. The summed E-state index contributed by atoms with van der Waals surface area (Å²) in [7, 11) is 2.12. The summed E-state index contributed by atoms with van der Waals surface area (Å²) in [4.78, 5) is 2.42. The number of fused-ring (bicyclic) bond motifs is 1. The predicted octanol–water partition coefficient (Wildman–Crippen LogP) is 5.94. The molecule has 1 N–H and O–H groups in total. The molecule has 1 aromatic heterocycles. The predicted molar refractivity (Wildman–Crippen MR) is 123 cm³/mol. The Kier molecular flexibility index (Phi) is 5.40. The highest BCUT2D eigenvalue weighted by molar-refractivity contribution is 7.80. The van der Waals surface area contributed by atoms with Gasteiger partial charge in [-0.05, 0) is 73.8 Å². The lowest BCUT2D eigenvalue weighted by atomic mass is 10.1. The van der Waals surface area contributed by atoms with Crippen LogP contribution in [0.3, 0.4) is 0 Å². The molecular weight excluding hydrogens is 362 g/mol. The second kappa shape index (κ2) is 7.96. The van der Waals surface area contributed by atoms with Gasteiger partial charge in [0.2, 0.25) is 0 Å². The molecule has 4 heteroatoms. The fourth-order valence-corrected chi connectivity index (χ4v) is 4.89. The van der Waals surface area contributed by atoms with Gasteiger partial charge in [-0.1, -0.05) is 37.1 Å². The van der Waals surface area contributed by atoms with Crippen molar-refractivity contribution in [3.63, 3.8) is 0 Å². The number of rotatable bonds is 4. The molecule has 0 unspecified atom stereocenters. The van der Waals surface area contributed by atoms with Crippen LogP contribution in [-0.2, 0) is 13.6 Å². The molecule has 28 heavy (non-hydrogen) atoms. The second-order valence-corrected chi connectivity index (χ2v) is 8.54. The quantitative estimate of drug-likeness (QED) is 0.556. The van der Waals surface area contributed by atoms with Gasteiger partial charge in [0.1, 0.15) is 0 Å². The molecule has 4 rings (SSSR count). The summed E-state index contributed by atoms with van der Waals surface area (Å²) in [6, 6.07) is 15.7. The van der Waals surface area contributed by atoms with E-state index in [1.54, 1.807) is 0 Å². The van der Waals surface area contributed by atoms with Gasteiger partial charge < -0.3 is 14.8 Å². The molecule has 1 aliphatic carbocycles. The topological polar surface area (TPSA) is 20.2 Å². The summed E-state index contributed by atoms with van der Waals surface area (Å²) >= 11 is 5.92. The number of para-hydroxylation sites is 1. The SMILES string of the molecule is Cc1cc(C)cc(NC(=S)N(Cc2cn(C)c3ccccc23)C2CCCC2)c1. The van der Waals surface area contributed by atoms with Gasteiger partial charge in [0, 0.05) is 42.4 Å². The minimum atomic E-state index is 0.518. The molecule has 3 aromatic rings. The lowest BCUT2D eigenvalue weighted by molar-refractivity contribution is 0.313. The highest BCUT2D eigenvalue weighted by atomic mass is 32.1. The van der Waals surface area contributed by atoms with Crippen molar-refractivity contribution in [3.05, 3.63) is 65.4 Å². The number of thiocarbonyl (C=S) groups is 1. The molecule has 1 aliphatic rings. The number of hydrogen-bond donors (Lipinski definition) is 1. The second-order valence-electron chi connectivity index (χ2n) is 8.16. The van der Waals surface area contributed by atoms with Gasteiger partial charge in [-0.3, -0.25) is 0 Å². The van der Waals surface area contributed by atoms with E-state index in [0.717, 1.165) is 17.3 Å². The minimum Gasteiger partial charge on any atom is -0.350 e. The van der Waals surface area contributed by atoms with Crippen LogP contribution in [0.2, 0.25) is 0 Å². The van der Waals surface area contributed by atoms with Crippen molar-refractivity contribution >= 4 is 33.9 Å². The van der Waals surface area contributed by atoms with E-state index < -0.39 is 0 Å². The monoisotopic (exact) mass is 391 g/mol. The molecule has 0 spiro atoms. The van der Waals surface area contributed by atoms with Crippen LogP contribution in [0.25, 0.3) is 10.9 Å². The summed E-state index contributed by atoms with van der Waals surface area (Å²) in [5, 5.41) is 5.69. The van der Waals surface area contributed by atoms with E-state index in [2.05, 4.69) is 84.3 Å². The molecule has 2 aromatic carbocycles. The molecule has 1 fully saturated rings. The zero-order valence-corrected chi connectivity index (χ0v) is 17.9. The summed E-state index contributed by atoms with van der Waals surface area (Å²) < 4.78 is 2.22. The Morgan fingerprint density at radius 3 is 2.50 bits per heavy atom. The first-order chi connectivity index (χ1) is 13.5. The Balaban J connectivity index is 1.62. The number of aryl methyl sites for hydroxylation is 3. The van der Waals surface area contributed by atoms with Crippen molar-refractivity contribution in [3.8, 4) is 0 Å². The third-order valence-electron chi connectivity index (χ3n) is 5.82. The Bertz CT molecular complexity index is 978. The average Bonchev–Trinajstić information content (AvgIpc) is 3.28. The standard InChI is InChI=1S/C24H29N3S/c1-17-12-18(2)14-20(13-17)25-24(28)27(21-8-4-5-9-21)16-19-15-26(3)23-11-7-6-10-22(19)23/h6-7,10-15,21H,4-5,8-9,16H2,1-3H3,(H,25,28). The van der Waals surface area contributed by atoms with Crippen LogP contribution in [0.5, 0.6) is 0 Å². The summed E-state index contributed by atoms with van der Waals surface area (Å²) in [6.45, 7) is 5.11. The van der Waals surface area contributed by atoms with E-state index in [1.165, 1.54) is 53.3 Å². The van der Waals surface area contributed by atoms with Gasteiger partial charge in [-0.15, -0.1) is 0 Å². The molecule has 146 valence electrons. The van der Waals surface area contributed by atoms with Gasteiger partial charge in [-0.25, -0.2) is 0 Å². The zero-order valence-electron chi connectivity index (χ0n) is 17.0. The van der Waals surface area contributed by atoms with E-state index in [0.29, 0.717) is 6.04 Å². The van der Waals surface area contributed by atoms with E-state index in [-0.39, 0.29) is 0 Å². The first kappa shape index (κ1) is 19.0. The number of nitrogens with one attached hydrogen (secondary N) is 1. The molecule has 0 atom stereocenters. The fourth-order valence-electron chi connectivity index (χ4n) is 4.56. The van der Waals surface area contributed by atoms with Crippen LogP contribution in [0, 0.1) is 13.8 Å². The van der Waals surface area contributed by atoms with Crippen molar-refractivity contribution < 1.29 is 0 Å². The van der Waals surface area contributed by atoms with Gasteiger partial charge in [0.05, 0.1) is 0 Å². The molecular formula is C24H29N3S. The van der Waals surface area contributed by atoms with Crippen molar-refractivity contribution in [1.82, 2.24) is 9.47 Å². The van der Waals surface area contributed by atoms with Crippen molar-refractivity contribution in [2.75, 3.05) is 5.32 Å². The number of benzene rings is 2. The van der Waals surface area contributed by atoms with Crippen LogP contribution in [-0.4, -0.2) is 20.6 Å². The van der Waals surface area contributed by atoms with Gasteiger partial charge >= 0.3 is 0 Å². The van der Waals surface area contributed by atoms with Crippen molar-refractivity contribution in [2.45, 2.75) is 52.1 Å². The van der Waals surface area contributed by atoms with E-state index >= 15 is 0 Å². The lowest BCUT2D eigenvalue weighted by Crippen LogP contribution is -2.41. The van der Waals surface area contributed by atoms with Crippen LogP contribution in [0.1, 0.15) is 42.4 Å². The van der Waals surface area contributed by atoms with Crippen LogP contribution >= 0.6 is 12.2 Å². The van der Waals surface area contributed by atoms with E-state index in [4.69, 9.17) is 12.2 Å². The van der Waals surface area contributed by atoms with Gasteiger partial charge in [-0.2, -0.15) is 0 Å². The third-order valence-corrected chi connectivity index (χ3v) is 6.16. The molecule has 1 heterocycles. The summed E-state index contributed by atoms with van der Waals surface area (Å²) in [6.07, 6.45) is 7.29. The minimum absolute atomic E-state index is 0.518. The maximum atomic E-state index is 5.92. The van der Waals surface area contributed by atoms with Crippen molar-refractivity contribution in [1.29, 1.82) is 0 Å². The summed E-state index contributed by atoms with van der Waals surface area (Å²) in [5.74, 6) is 0. The molecule has 1 saturated carbocycles. The number of nitrogens with zero attached hydrogens (tertiary/aromatic N) is 2. The van der Waals surface area contributed by atoms with Crippen molar-refractivity contribution in [2.24, 2.45) is 7.05 Å². The molecule has 0 amide bonds. The number of hydrogen-bond acceptors (Lipinski definition) is 1. The molecule has 3 nitrogen and oxygen atoms in total. The molecule has 0 aliphatic heterocycles. The molecule has 0 bridgehead atoms. The normalized spacial score (nSPS) is 14.5. The third kappa shape index (κ3) is 3.93. The number of anilines is 1. The Labute approximate surface area is 173 Å². The Hall–Kier alpha value is -2.33. The highest BCUT2D eigenvalue weighted by Gasteiger charge is 2.26. The largest absolute Gasteiger partial charge is 0.350 e. The zero-order chi connectivity index (χ0) is 19.7. The van der Waals surface area contributed by atoms with Crippen LogP contribution < -0.4 is 5.32 Å². The number of aromatic nitrogens is 1. The van der Waals surface area contributed by atoms with Crippen LogP contribution in [0.4, 0.5) is 5.69 Å². The molecule has 0 saturated heterocycles. The Morgan fingerprint density at radius 2 is 1.79 bits per heavy atom. The maximum Gasteiger partial charge on any atom is 0.173 e.